The highest BCUT2D eigenvalue weighted by Gasteiger charge is 2.34. The Kier molecular flexibility index (Phi) is 4.50. The maximum absolute atomic E-state index is 13.8. The molecule has 0 N–H and O–H groups in total. The van der Waals surface area contributed by atoms with Gasteiger partial charge in [0.25, 0.3) is 5.89 Å². The number of nitrogens with zero attached hydrogens (tertiary/aromatic N) is 4. The van der Waals surface area contributed by atoms with Crippen LogP contribution in [0, 0.1) is 12.7 Å². The summed E-state index contributed by atoms with van der Waals surface area (Å²) in [5, 5.41) is 8.26. The van der Waals surface area contributed by atoms with Crippen molar-refractivity contribution in [3.05, 3.63) is 52.7 Å². The quantitative estimate of drug-likeness (QED) is 0.700. The minimum absolute atomic E-state index is 0.0259. The summed E-state index contributed by atoms with van der Waals surface area (Å²) in [5.74, 6) is 0.351. The molecule has 2 aromatic heterocycles. The lowest BCUT2D eigenvalue weighted by atomic mass is 10.1. The van der Waals surface area contributed by atoms with Gasteiger partial charge in [0.15, 0.2) is 0 Å². The molecule has 0 bridgehead atoms. The molecule has 0 unspecified atom stereocenters. The van der Waals surface area contributed by atoms with Crippen molar-refractivity contribution in [3.63, 3.8) is 0 Å². The molecule has 1 aliphatic heterocycles. The van der Waals surface area contributed by atoms with Crippen LogP contribution in [-0.4, -0.2) is 32.5 Å². The van der Waals surface area contributed by atoms with Crippen LogP contribution in [0.5, 0.6) is 0 Å². The lowest BCUT2D eigenvalue weighted by Crippen LogP contribution is -2.32. The molecule has 1 aliphatic rings. The Morgan fingerprint density at radius 2 is 2.23 bits per heavy atom. The fourth-order valence-electron chi connectivity index (χ4n) is 3.20. The Labute approximate surface area is 153 Å². The molecule has 1 atom stereocenters. The predicted octanol–water partition coefficient (Wildman–Crippen LogP) is 3.55. The summed E-state index contributed by atoms with van der Waals surface area (Å²) in [7, 11) is 0. The molecule has 0 saturated carbocycles. The molecule has 1 amide bonds. The lowest BCUT2D eigenvalue weighted by molar-refractivity contribution is -0.131. The molecule has 6 nitrogen and oxygen atoms in total. The predicted molar refractivity (Wildman–Crippen MR) is 93.9 cm³/mol. The summed E-state index contributed by atoms with van der Waals surface area (Å²) >= 11 is 1.44. The summed E-state index contributed by atoms with van der Waals surface area (Å²) in [6, 6.07) is 6.09. The van der Waals surface area contributed by atoms with Crippen LogP contribution in [0.15, 0.2) is 34.2 Å². The van der Waals surface area contributed by atoms with Crippen molar-refractivity contribution >= 4 is 17.2 Å². The molecule has 1 saturated heterocycles. The van der Waals surface area contributed by atoms with Gasteiger partial charge in [0.1, 0.15) is 16.7 Å². The highest BCUT2D eigenvalue weighted by atomic mass is 32.1. The van der Waals surface area contributed by atoms with Crippen LogP contribution in [0.25, 0.3) is 10.8 Å². The van der Waals surface area contributed by atoms with Crippen LogP contribution in [0.1, 0.15) is 36.0 Å². The summed E-state index contributed by atoms with van der Waals surface area (Å²) < 4.78 is 19.7. The highest BCUT2D eigenvalue weighted by Crippen LogP contribution is 2.34. The number of halogens is 1. The Bertz CT molecular complexity index is 939. The third kappa shape index (κ3) is 3.12. The minimum atomic E-state index is -0.364. The van der Waals surface area contributed by atoms with Crippen molar-refractivity contribution in [1.29, 1.82) is 0 Å². The lowest BCUT2D eigenvalue weighted by Gasteiger charge is -2.22. The zero-order chi connectivity index (χ0) is 18.1. The van der Waals surface area contributed by atoms with Crippen LogP contribution < -0.4 is 0 Å². The number of hydrogen-bond acceptors (Lipinski definition) is 6. The summed E-state index contributed by atoms with van der Waals surface area (Å²) in [6.07, 6.45) is 1.63. The van der Waals surface area contributed by atoms with Crippen molar-refractivity contribution in [2.75, 3.05) is 6.54 Å². The average Bonchev–Trinajstić information content (AvgIpc) is 3.35. The molecular formula is C18H17FN4O2S. The second-order valence-corrected chi connectivity index (χ2v) is 7.08. The van der Waals surface area contributed by atoms with Gasteiger partial charge in [0.2, 0.25) is 11.8 Å². The van der Waals surface area contributed by atoms with Gasteiger partial charge < -0.3 is 9.32 Å². The summed E-state index contributed by atoms with van der Waals surface area (Å²) in [5.41, 5.74) is 2.97. The van der Waals surface area contributed by atoms with Crippen molar-refractivity contribution in [2.45, 2.75) is 32.2 Å². The number of thiazole rings is 1. The molecule has 3 heterocycles. The van der Waals surface area contributed by atoms with Gasteiger partial charge in [-0.15, -0.1) is 21.5 Å². The first-order valence-corrected chi connectivity index (χ1v) is 9.28. The second kappa shape index (κ2) is 6.95. The molecule has 3 aromatic rings. The molecule has 4 rings (SSSR count). The third-order valence-corrected chi connectivity index (χ3v) is 5.45. The van der Waals surface area contributed by atoms with E-state index in [-0.39, 0.29) is 24.2 Å². The van der Waals surface area contributed by atoms with E-state index in [1.54, 1.807) is 28.6 Å². The Balaban J connectivity index is 1.54. The first kappa shape index (κ1) is 16.8. The van der Waals surface area contributed by atoms with Gasteiger partial charge in [-0.1, -0.05) is 18.2 Å². The molecule has 134 valence electrons. The molecule has 0 radical (unpaired) electrons. The monoisotopic (exact) mass is 372 g/mol. The number of benzene rings is 1. The Hall–Kier alpha value is -2.61. The molecule has 26 heavy (non-hydrogen) atoms. The van der Waals surface area contributed by atoms with Gasteiger partial charge in [-0.25, -0.2) is 9.37 Å². The average molecular weight is 372 g/mol. The maximum atomic E-state index is 13.8. The Morgan fingerprint density at radius 1 is 1.38 bits per heavy atom. The zero-order valence-electron chi connectivity index (χ0n) is 14.2. The number of amides is 1. The number of aryl methyl sites for hydroxylation is 1. The number of rotatable bonds is 4. The van der Waals surface area contributed by atoms with Crippen LogP contribution >= 0.6 is 11.3 Å². The summed E-state index contributed by atoms with van der Waals surface area (Å²) in [4.78, 5) is 19.4. The van der Waals surface area contributed by atoms with Crippen LogP contribution in [0.4, 0.5) is 4.39 Å². The van der Waals surface area contributed by atoms with E-state index in [0.717, 1.165) is 23.4 Å². The maximum Gasteiger partial charge on any atom is 0.259 e. The molecule has 1 aromatic carbocycles. The van der Waals surface area contributed by atoms with Gasteiger partial charge in [0.05, 0.1) is 17.6 Å². The molecule has 0 aliphatic carbocycles. The van der Waals surface area contributed by atoms with Gasteiger partial charge in [-0.3, -0.25) is 4.79 Å². The number of likely N-dealkylation sites (tertiary alicyclic amines) is 1. The minimum Gasteiger partial charge on any atom is -0.418 e. The fourth-order valence-corrected chi connectivity index (χ4v) is 3.92. The number of carbonyl (C=O) groups is 1. The van der Waals surface area contributed by atoms with E-state index < -0.39 is 0 Å². The van der Waals surface area contributed by atoms with E-state index in [2.05, 4.69) is 15.2 Å². The Morgan fingerprint density at radius 3 is 3.00 bits per heavy atom. The van der Waals surface area contributed by atoms with Crippen LogP contribution in [0.3, 0.4) is 0 Å². The number of aromatic nitrogens is 3. The topological polar surface area (TPSA) is 72.1 Å². The molecule has 1 fully saturated rings. The van der Waals surface area contributed by atoms with E-state index >= 15 is 0 Å². The SMILES string of the molecule is Cc1ncsc1-c1nnc([C@@H]2CCCN2C(=O)Cc2ccccc2F)o1. The highest BCUT2D eigenvalue weighted by molar-refractivity contribution is 7.13. The number of hydrogen-bond donors (Lipinski definition) is 0. The number of carbonyl (C=O) groups excluding carboxylic acids is 1. The molecular weight excluding hydrogens is 355 g/mol. The van der Waals surface area contributed by atoms with Crippen molar-refractivity contribution < 1.29 is 13.6 Å². The van der Waals surface area contributed by atoms with Crippen molar-refractivity contribution in [1.82, 2.24) is 20.1 Å². The van der Waals surface area contributed by atoms with E-state index in [1.807, 2.05) is 6.92 Å². The van der Waals surface area contributed by atoms with E-state index in [4.69, 9.17) is 4.42 Å². The van der Waals surface area contributed by atoms with E-state index in [1.165, 1.54) is 17.4 Å². The molecule has 8 heteroatoms. The largest absolute Gasteiger partial charge is 0.418 e. The van der Waals surface area contributed by atoms with Gasteiger partial charge >= 0.3 is 0 Å². The first-order valence-electron chi connectivity index (χ1n) is 8.40. The summed E-state index contributed by atoms with van der Waals surface area (Å²) in [6.45, 7) is 2.49. The fraction of sp³-hybridized carbons (Fsp3) is 0.333. The molecule has 0 spiro atoms. The van der Waals surface area contributed by atoms with Gasteiger partial charge in [0, 0.05) is 6.54 Å². The van der Waals surface area contributed by atoms with Gasteiger partial charge in [-0.05, 0) is 31.4 Å². The van der Waals surface area contributed by atoms with Crippen LogP contribution in [0.2, 0.25) is 0 Å². The van der Waals surface area contributed by atoms with Crippen molar-refractivity contribution in [3.8, 4) is 10.8 Å². The zero-order valence-corrected chi connectivity index (χ0v) is 15.0. The normalized spacial score (nSPS) is 17.0. The second-order valence-electron chi connectivity index (χ2n) is 6.23. The smallest absolute Gasteiger partial charge is 0.259 e. The van der Waals surface area contributed by atoms with Crippen LogP contribution in [-0.2, 0) is 11.2 Å². The van der Waals surface area contributed by atoms with E-state index in [9.17, 15) is 9.18 Å². The first-order chi connectivity index (χ1) is 12.6. The van der Waals surface area contributed by atoms with Crippen molar-refractivity contribution in [2.24, 2.45) is 0 Å². The standard InChI is InChI=1S/C18H17FN4O2S/c1-11-16(26-10-20-11)18-22-21-17(25-18)14-7-4-8-23(14)15(24)9-12-5-2-3-6-13(12)19/h2-3,5-6,10,14H,4,7-9H2,1H3/t14-/m0/s1. The van der Waals surface area contributed by atoms with Gasteiger partial charge in [-0.2, -0.15) is 0 Å². The van der Waals surface area contributed by atoms with E-state index in [0.29, 0.717) is 23.9 Å². The third-order valence-electron chi connectivity index (χ3n) is 4.54.